The van der Waals surface area contributed by atoms with Gasteiger partial charge in [0.15, 0.2) is 11.5 Å². The molecule has 2 aliphatic rings. The minimum Gasteiger partial charge on any atom is -0.486 e. The zero-order valence-electron chi connectivity index (χ0n) is 13.0. The Kier molecular flexibility index (Phi) is 3.53. The first-order valence-electron chi connectivity index (χ1n) is 7.61. The number of sulfonamides is 1. The van der Waals surface area contributed by atoms with Crippen molar-refractivity contribution in [2.24, 2.45) is 0 Å². The zero-order valence-corrected chi connectivity index (χ0v) is 13.8. The minimum atomic E-state index is -3.93. The fourth-order valence-corrected chi connectivity index (χ4v) is 4.56. The number of hydrogen-bond acceptors (Lipinski definition) is 6. The van der Waals surface area contributed by atoms with Crippen LogP contribution in [0.2, 0.25) is 0 Å². The van der Waals surface area contributed by atoms with E-state index in [9.17, 15) is 18.3 Å². The lowest BCUT2D eigenvalue weighted by atomic mass is 10.2. The molecule has 1 aromatic heterocycles. The molecule has 0 atom stereocenters. The highest BCUT2D eigenvalue weighted by Gasteiger charge is 2.33. The van der Waals surface area contributed by atoms with Gasteiger partial charge in [-0.3, -0.25) is 9.29 Å². The molecule has 1 N–H and O–H groups in total. The molecule has 0 spiro atoms. The average molecular weight is 362 g/mol. The minimum absolute atomic E-state index is 0.0590. The van der Waals surface area contributed by atoms with Crippen molar-refractivity contribution in [1.29, 1.82) is 0 Å². The van der Waals surface area contributed by atoms with Gasteiger partial charge in [0.25, 0.3) is 10.0 Å². The number of carboxylic acid groups (broad SMARTS) is 1. The molecule has 2 aromatic rings. The van der Waals surface area contributed by atoms with Crippen molar-refractivity contribution < 1.29 is 27.8 Å². The number of anilines is 1. The molecule has 4 rings (SSSR count). The first-order chi connectivity index (χ1) is 12.0. The van der Waals surface area contributed by atoms with Gasteiger partial charge >= 0.3 is 5.97 Å². The van der Waals surface area contributed by atoms with Crippen molar-refractivity contribution in [3.63, 3.8) is 0 Å². The van der Waals surface area contributed by atoms with Crippen molar-refractivity contribution in [1.82, 2.24) is 4.98 Å². The maximum absolute atomic E-state index is 13.1. The lowest BCUT2D eigenvalue weighted by Gasteiger charge is -2.23. The van der Waals surface area contributed by atoms with Gasteiger partial charge in [0.1, 0.15) is 18.8 Å². The van der Waals surface area contributed by atoms with Crippen LogP contribution in [-0.2, 0) is 16.4 Å². The second-order valence-corrected chi connectivity index (χ2v) is 7.49. The summed E-state index contributed by atoms with van der Waals surface area (Å²) in [6.45, 7) is 0.722. The van der Waals surface area contributed by atoms with Crippen LogP contribution in [0.4, 0.5) is 5.69 Å². The molecule has 9 heteroatoms. The molecule has 2 aliphatic heterocycles. The van der Waals surface area contributed by atoms with Crippen LogP contribution < -0.4 is 13.8 Å². The molecule has 0 radical (unpaired) electrons. The normalized spacial score (nSPS) is 15.8. The quantitative estimate of drug-likeness (QED) is 0.877. The van der Waals surface area contributed by atoms with E-state index in [0.717, 1.165) is 11.6 Å². The molecule has 130 valence electrons. The van der Waals surface area contributed by atoms with Gasteiger partial charge in [-0.05, 0) is 24.1 Å². The number of pyridine rings is 1. The summed E-state index contributed by atoms with van der Waals surface area (Å²) in [5, 5.41) is 9.40. The summed E-state index contributed by atoms with van der Waals surface area (Å²) in [5.41, 5.74) is 1.16. The van der Waals surface area contributed by atoms with E-state index in [4.69, 9.17) is 9.47 Å². The highest BCUT2D eigenvalue weighted by atomic mass is 32.2. The lowest BCUT2D eigenvalue weighted by Crippen LogP contribution is -2.29. The van der Waals surface area contributed by atoms with Gasteiger partial charge in [-0.25, -0.2) is 13.2 Å². The highest BCUT2D eigenvalue weighted by Crippen LogP contribution is 2.39. The molecule has 0 amide bonds. The number of rotatable bonds is 3. The second-order valence-electron chi connectivity index (χ2n) is 5.63. The topological polar surface area (TPSA) is 106 Å². The van der Waals surface area contributed by atoms with Crippen molar-refractivity contribution in [2.45, 2.75) is 11.3 Å². The van der Waals surface area contributed by atoms with E-state index in [2.05, 4.69) is 4.98 Å². The van der Waals surface area contributed by atoms with Gasteiger partial charge in [-0.2, -0.15) is 0 Å². The summed E-state index contributed by atoms with van der Waals surface area (Å²) in [5.74, 6) is -1.09. The van der Waals surface area contributed by atoms with Crippen molar-refractivity contribution in [3.05, 3.63) is 41.7 Å². The third-order valence-corrected chi connectivity index (χ3v) is 5.96. The number of aromatic carboxylic acids is 1. The monoisotopic (exact) mass is 362 g/mol. The first kappa shape index (κ1) is 15.7. The smallest absolute Gasteiger partial charge is 0.339 e. The number of carbonyl (C=O) groups is 1. The fourth-order valence-electron chi connectivity index (χ4n) is 3.01. The number of benzene rings is 1. The summed E-state index contributed by atoms with van der Waals surface area (Å²) < 4.78 is 38.2. The first-order valence-corrected chi connectivity index (χ1v) is 9.05. The predicted octanol–water partition coefficient (Wildman–Crippen LogP) is 1.30. The molecular formula is C16H14N2O6S. The molecule has 0 saturated heterocycles. The van der Waals surface area contributed by atoms with Crippen LogP contribution in [-0.4, -0.2) is 44.2 Å². The zero-order chi connectivity index (χ0) is 17.6. The Bertz CT molecular complexity index is 973. The Hall–Kier alpha value is -2.81. The van der Waals surface area contributed by atoms with Crippen LogP contribution in [0.5, 0.6) is 11.5 Å². The maximum atomic E-state index is 13.1. The molecule has 0 saturated carbocycles. The van der Waals surface area contributed by atoms with Crippen LogP contribution in [0.15, 0.2) is 35.5 Å². The van der Waals surface area contributed by atoms with Gasteiger partial charge in [-0.1, -0.05) is 0 Å². The molecule has 0 aliphatic carbocycles. The summed E-state index contributed by atoms with van der Waals surface area (Å²) >= 11 is 0. The van der Waals surface area contributed by atoms with E-state index in [0.29, 0.717) is 12.1 Å². The number of fused-ring (bicyclic) bond motifs is 2. The lowest BCUT2D eigenvalue weighted by molar-refractivity contribution is 0.0685. The van der Waals surface area contributed by atoms with E-state index < -0.39 is 16.0 Å². The van der Waals surface area contributed by atoms with Crippen molar-refractivity contribution in [3.8, 4) is 11.5 Å². The van der Waals surface area contributed by atoms with E-state index in [1.165, 1.54) is 16.6 Å². The van der Waals surface area contributed by atoms with Crippen LogP contribution in [0.3, 0.4) is 0 Å². The number of ether oxygens (including phenoxy) is 2. The van der Waals surface area contributed by atoms with E-state index in [-0.39, 0.29) is 41.7 Å². The Balaban J connectivity index is 1.84. The van der Waals surface area contributed by atoms with E-state index in [1.54, 1.807) is 12.3 Å². The van der Waals surface area contributed by atoms with Crippen LogP contribution in [0, 0.1) is 0 Å². The standard InChI is InChI=1S/C16H14N2O6S/c19-16(20)12-7-11(8-14-15(12)24-6-5-23-14)25(21,22)18-4-2-10-9-17-3-1-13(10)18/h1,3,7-9H,2,4-6H2,(H,19,20). The number of hydrogen-bond donors (Lipinski definition) is 1. The molecule has 3 heterocycles. The Morgan fingerprint density at radius 2 is 2.04 bits per heavy atom. The third-order valence-electron chi connectivity index (χ3n) is 4.16. The van der Waals surface area contributed by atoms with Crippen LogP contribution in [0.1, 0.15) is 15.9 Å². The van der Waals surface area contributed by atoms with Gasteiger partial charge in [0.2, 0.25) is 0 Å². The molecule has 1 aromatic carbocycles. The number of nitrogens with zero attached hydrogens (tertiary/aromatic N) is 2. The Labute approximate surface area is 143 Å². The predicted molar refractivity (Wildman–Crippen MR) is 86.9 cm³/mol. The van der Waals surface area contributed by atoms with Gasteiger partial charge in [-0.15, -0.1) is 0 Å². The Morgan fingerprint density at radius 3 is 2.84 bits per heavy atom. The van der Waals surface area contributed by atoms with E-state index in [1.807, 2.05) is 0 Å². The SMILES string of the molecule is O=C(O)c1cc(S(=O)(=O)N2CCc3cnccc32)cc2c1OCCO2. The van der Waals surface area contributed by atoms with Crippen molar-refractivity contribution in [2.75, 3.05) is 24.1 Å². The third kappa shape index (κ3) is 2.47. The average Bonchev–Trinajstić information content (AvgIpc) is 3.05. The summed E-state index contributed by atoms with van der Waals surface area (Å²) in [7, 11) is -3.93. The van der Waals surface area contributed by atoms with Crippen molar-refractivity contribution >= 4 is 21.7 Å². The molecule has 0 fully saturated rings. The maximum Gasteiger partial charge on any atom is 0.339 e. The Morgan fingerprint density at radius 1 is 1.24 bits per heavy atom. The summed E-state index contributed by atoms with van der Waals surface area (Å²) in [6, 6.07) is 4.07. The largest absolute Gasteiger partial charge is 0.486 e. The number of aromatic nitrogens is 1. The van der Waals surface area contributed by atoms with Gasteiger partial charge in [0, 0.05) is 25.0 Å². The molecule has 25 heavy (non-hydrogen) atoms. The van der Waals surface area contributed by atoms with Gasteiger partial charge in [0.05, 0.1) is 10.6 Å². The number of carboxylic acids is 1. The van der Waals surface area contributed by atoms with E-state index >= 15 is 0 Å². The highest BCUT2D eigenvalue weighted by molar-refractivity contribution is 7.92. The summed E-state index contributed by atoms with van der Waals surface area (Å²) in [6.07, 6.45) is 3.72. The molecule has 0 unspecified atom stereocenters. The van der Waals surface area contributed by atoms with Crippen LogP contribution >= 0.6 is 0 Å². The fraction of sp³-hybridized carbons (Fsp3) is 0.250. The molecule has 0 bridgehead atoms. The summed E-state index contributed by atoms with van der Waals surface area (Å²) in [4.78, 5) is 15.4. The molecule has 8 nitrogen and oxygen atoms in total. The van der Waals surface area contributed by atoms with Crippen LogP contribution in [0.25, 0.3) is 0 Å². The second kappa shape index (κ2) is 5.62. The van der Waals surface area contributed by atoms with Gasteiger partial charge < -0.3 is 14.6 Å². The molecular weight excluding hydrogens is 348 g/mol.